The minimum absolute atomic E-state index is 0.443. The molecule has 1 N–H and O–H groups in total. The Morgan fingerprint density at radius 1 is 1.31 bits per heavy atom. The molecule has 13 heavy (non-hydrogen) atoms. The number of fused-ring (bicyclic) bond motifs is 1. The highest BCUT2D eigenvalue weighted by Crippen LogP contribution is 2.18. The second-order valence-electron chi connectivity index (χ2n) is 2.47. The van der Waals surface area contributed by atoms with Crippen molar-refractivity contribution in [2.45, 2.75) is 0 Å². The normalized spacial score (nSPS) is 10.3. The Bertz CT molecular complexity index is 443. The molecular formula is C8H7ClN4. The summed E-state index contributed by atoms with van der Waals surface area (Å²) in [5.41, 5.74) is 1.47. The Morgan fingerprint density at radius 3 is 2.92 bits per heavy atom. The number of hydrogen-bond acceptors (Lipinski definition) is 4. The predicted molar refractivity (Wildman–Crippen MR) is 51.9 cm³/mol. The first-order chi connectivity index (χ1) is 6.31. The molecule has 66 valence electrons. The van der Waals surface area contributed by atoms with Gasteiger partial charge in [-0.1, -0.05) is 11.6 Å². The number of pyridine rings is 1. The Balaban J connectivity index is 2.79. The van der Waals surface area contributed by atoms with Gasteiger partial charge in [0.1, 0.15) is 17.0 Å². The zero-order valence-electron chi connectivity index (χ0n) is 6.95. The summed E-state index contributed by atoms with van der Waals surface area (Å²) in [4.78, 5) is 12.2. The van der Waals surface area contributed by atoms with Crippen molar-refractivity contribution >= 4 is 28.5 Å². The monoisotopic (exact) mass is 194 g/mol. The third-order valence-corrected chi connectivity index (χ3v) is 1.90. The molecule has 0 fully saturated rings. The molecule has 0 amide bonds. The number of rotatable bonds is 1. The Hall–Kier alpha value is -1.42. The molecule has 0 atom stereocenters. The molecule has 0 aliphatic carbocycles. The van der Waals surface area contributed by atoms with E-state index in [1.54, 1.807) is 13.1 Å². The highest BCUT2D eigenvalue weighted by molar-refractivity contribution is 6.29. The first-order valence-electron chi connectivity index (χ1n) is 3.76. The van der Waals surface area contributed by atoms with Crippen LogP contribution in [0.1, 0.15) is 0 Å². The summed E-state index contributed by atoms with van der Waals surface area (Å²) in [5.74, 6) is 0.688. The van der Waals surface area contributed by atoms with Gasteiger partial charge in [0.25, 0.3) is 0 Å². The van der Waals surface area contributed by atoms with Crippen LogP contribution in [0.3, 0.4) is 0 Å². The molecule has 0 spiro atoms. The van der Waals surface area contributed by atoms with Crippen LogP contribution in [-0.2, 0) is 0 Å². The molecule has 0 unspecified atom stereocenters. The molecule has 0 aliphatic heterocycles. The van der Waals surface area contributed by atoms with Crippen LogP contribution in [0.2, 0.25) is 5.15 Å². The van der Waals surface area contributed by atoms with Gasteiger partial charge in [-0.2, -0.15) is 0 Å². The summed E-state index contributed by atoms with van der Waals surface area (Å²) >= 11 is 5.75. The Kier molecular flexibility index (Phi) is 1.98. The minimum Gasteiger partial charge on any atom is -0.371 e. The molecule has 0 saturated heterocycles. The first kappa shape index (κ1) is 8.19. The number of nitrogens with zero attached hydrogens (tertiary/aromatic N) is 3. The maximum Gasteiger partial charge on any atom is 0.155 e. The van der Waals surface area contributed by atoms with E-state index in [1.807, 2.05) is 6.07 Å². The molecule has 0 radical (unpaired) electrons. The van der Waals surface area contributed by atoms with Gasteiger partial charge in [0.05, 0.1) is 5.52 Å². The van der Waals surface area contributed by atoms with E-state index in [-0.39, 0.29) is 0 Å². The van der Waals surface area contributed by atoms with Crippen LogP contribution < -0.4 is 5.32 Å². The second kappa shape index (κ2) is 3.14. The molecule has 0 aromatic carbocycles. The van der Waals surface area contributed by atoms with Crippen LogP contribution in [0, 0.1) is 0 Å². The minimum atomic E-state index is 0.443. The number of hydrogen-bond donors (Lipinski definition) is 1. The first-order valence-corrected chi connectivity index (χ1v) is 4.14. The Labute approximate surface area is 80.0 Å². The van der Waals surface area contributed by atoms with Crippen molar-refractivity contribution in [1.82, 2.24) is 15.0 Å². The SMILES string of the molecule is CNc1ncnc2ccc(Cl)nc12. The Morgan fingerprint density at radius 2 is 2.15 bits per heavy atom. The van der Waals surface area contributed by atoms with E-state index in [4.69, 9.17) is 11.6 Å². The highest BCUT2D eigenvalue weighted by Gasteiger charge is 2.02. The maximum absolute atomic E-state index is 5.75. The summed E-state index contributed by atoms with van der Waals surface area (Å²) < 4.78 is 0. The molecule has 2 rings (SSSR count). The van der Waals surface area contributed by atoms with E-state index < -0.39 is 0 Å². The van der Waals surface area contributed by atoms with E-state index >= 15 is 0 Å². The summed E-state index contributed by atoms with van der Waals surface area (Å²) in [6, 6.07) is 3.52. The van der Waals surface area contributed by atoms with Gasteiger partial charge >= 0.3 is 0 Å². The summed E-state index contributed by atoms with van der Waals surface area (Å²) in [6.45, 7) is 0. The van der Waals surface area contributed by atoms with Crippen molar-refractivity contribution in [2.75, 3.05) is 12.4 Å². The summed E-state index contributed by atoms with van der Waals surface area (Å²) in [5, 5.41) is 3.37. The topological polar surface area (TPSA) is 50.7 Å². The third kappa shape index (κ3) is 1.40. The van der Waals surface area contributed by atoms with Crippen molar-refractivity contribution < 1.29 is 0 Å². The highest BCUT2D eigenvalue weighted by atomic mass is 35.5. The molecule has 0 aliphatic rings. The van der Waals surface area contributed by atoms with Gasteiger partial charge in [0.15, 0.2) is 5.82 Å². The fraction of sp³-hybridized carbons (Fsp3) is 0.125. The van der Waals surface area contributed by atoms with Gasteiger partial charge in [-0.25, -0.2) is 15.0 Å². The van der Waals surface area contributed by atoms with E-state index in [0.29, 0.717) is 16.5 Å². The molecule has 2 aromatic heterocycles. The van der Waals surface area contributed by atoms with E-state index in [9.17, 15) is 0 Å². The van der Waals surface area contributed by atoms with Gasteiger partial charge in [-0.15, -0.1) is 0 Å². The van der Waals surface area contributed by atoms with Gasteiger partial charge in [0.2, 0.25) is 0 Å². The molecule has 5 heteroatoms. The lowest BCUT2D eigenvalue weighted by Crippen LogP contribution is -1.96. The van der Waals surface area contributed by atoms with Crippen LogP contribution in [0.4, 0.5) is 5.82 Å². The molecule has 0 saturated carbocycles. The van der Waals surface area contributed by atoms with Crippen LogP contribution in [0.25, 0.3) is 11.0 Å². The van der Waals surface area contributed by atoms with Crippen LogP contribution in [-0.4, -0.2) is 22.0 Å². The van der Waals surface area contributed by atoms with E-state index in [0.717, 1.165) is 5.52 Å². The molecule has 2 heterocycles. The quantitative estimate of drug-likeness (QED) is 0.703. The largest absolute Gasteiger partial charge is 0.371 e. The number of anilines is 1. The average molecular weight is 195 g/mol. The smallest absolute Gasteiger partial charge is 0.155 e. The van der Waals surface area contributed by atoms with Gasteiger partial charge in [0, 0.05) is 7.05 Å². The zero-order valence-corrected chi connectivity index (χ0v) is 7.71. The van der Waals surface area contributed by atoms with Crippen LogP contribution in [0.5, 0.6) is 0 Å². The van der Waals surface area contributed by atoms with Crippen molar-refractivity contribution in [3.05, 3.63) is 23.6 Å². The van der Waals surface area contributed by atoms with Gasteiger partial charge in [-0.05, 0) is 12.1 Å². The lowest BCUT2D eigenvalue weighted by atomic mass is 10.3. The fourth-order valence-corrected chi connectivity index (χ4v) is 1.25. The molecule has 4 nitrogen and oxygen atoms in total. The van der Waals surface area contributed by atoms with Crippen molar-refractivity contribution in [3.63, 3.8) is 0 Å². The zero-order chi connectivity index (χ0) is 9.26. The molecule has 2 aromatic rings. The van der Waals surface area contributed by atoms with Crippen molar-refractivity contribution in [3.8, 4) is 0 Å². The van der Waals surface area contributed by atoms with Crippen LogP contribution >= 0.6 is 11.6 Å². The third-order valence-electron chi connectivity index (χ3n) is 1.68. The lowest BCUT2D eigenvalue weighted by Gasteiger charge is -2.02. The number of nitrogens with one attached hydrogen (secondary N) is 1. The van der Waals surface area contributed by atoms with Crippen molar-refractivity contribution in [2.24, 2.45) is 0 Å². The standard InChI is InChI=1S/C8H7ClN4/c1-10-8-7-5(11-4-12-8)2-3-6(9)13-7/h2-4H,1H3,(H,10,11,12). The van der Waals surface area contributed by atoms with Gasteiger partial charge in [-0.3, -0.25) is 0 Å². The number of halogens is 1. The maximum atomic E-state index is 5.75. The predicted octanol–water partition coefficient (Wildman–Crippen LogP) is 1.72. The number of aromatic nitrogens is 3. The average Bonchev–Trinajstić information content (AvgIpc) is 2.17. The summed E-state index contributed by atoms with van der Waals surface area (Å²) in [6.07, 6.45) is 1.49. The van der Waals surface area contributed by atoms with Gasteiger partial charge < -0.3 is 5.32 Å². The van der Waals surface area contributed by atoms with Crippen molar-refractivity contribution in [1.29, 1.82) is 0 Å². The van der Waals surface area contributed by atoms with E-state index in [2.05, 4.69) is 20.3 Å². The molecular weight excluding hydrogens is 188 g/mol. The van der Waals surface area contributed by atoms with E-state index in [1.165, 1.54) is 6.33 Å². The molecule has 0 bridgehead atoms. The summed E-state index contributed by atoms with van der Waals surface area (Å²) in [7, 11) is 1.78. The van der Waals surface area contributed by atoms with Crippen LogP contribution in [0.15, 0.2) is 18.5 Å². The fourth-order valence-electron chi connectivity index (χ4n) is 1.10. The second-order valence-corrected chi connectivity index (χ2v) is 2.86. The lowest BCUT2D eigenvalue weighted by molar-refractivity contribution is 1.19.